The molecule has 1 aliphatic rings. The van der Waals surface area contributed by atoms with Gasteiger partial charge in [-0.3, -0.25) is 19.7 Å². The molecule has 0 aromatic rings. The van der Waals surface area contributed by atoms with Crippen LogP contribution in [-0.2, 0) is 9.59 Å². The molecule has 2 N–H and O–H groups in total. The number of hydrogen-bond donors (Lipinski definition) is 2. The SMILES string of the molecule is CCSC(=O)NC1CCC(=O)NC1=O. The normalized spacial score (nSPS) is 21.6. The maximum absolute atomic E-state index is 11.2. The van der Waals surface area contributed by atoms with Gasteiger partial charge in [0.25, 0.3) is 5.24 Å². The highest BCUT2D eigenvalue weighted by Gasteiger charge is 2.27. The molecule has 0 aliphatic carbocycles. The molecule has 0 radical (unpaired) electrons. The van der Waals surface area contributed by atoms with E-state index in [1.807, 2.05) is 6.92 Å². The number of carbonyl (C=O) groups is 3. The van der Waals surface area contributed by atoms with Gasteiger partial charge in [-0.1, -0.05) is 18.7 Å². The van der Waals surface area contributed by atoms with Crippen molar-refractivity contribution in [2.24, 2.45) is 0 Å². The monoisotopic (exact) mass is 216 g/mol. The van der Waals surface area contributed by atoms with Crippen molar-refractivity contribution in [1.82, 2.24) is 10.6 Å². The summed E-state index contributed by atoms with van der Waals surface area (Å²) < 4.78 is 0. The van der Waals surface area contributed by atoms with E-state index in [0.29, 0.717) is 12.2 Å². The average molecular weight is 216 g/mol. The Hall–Kier alpha value is -1.04. The first-order valence-electron chi connectivity index (χ1n) is 4.40. The second kappa shape index (κ2) is 4.99. The first kappa shape index (κ1) is 11.0. The van der Waals surface area contributed by atoms with Crippen LogP contribution in [0.15, 0.2) is 0 Å². The molecule has 14 heavy (non-hydrogen) atoms. The van der Waals surface area contributed by atoms with Crippen LogP contribution in [0.2, 0.25) is 0 Å². The van der Waals surface area contributed by atoms with Crippen LogP contribution in [0.3, 0.4) is 0 Å². The second-order valence-electron chi connectivity index (χ2n) is 2.87. The average Bonchev–Trinajstić information content (AvgIpc) is 2.10. The molecule has 1 rings (SSSR count). The Kier molecular flexibility index (Phi) is 3.94. The summed E-state index contributed by atoms with van der Waals surface area (Å²) in [6, 6.07) is -0.556. The van der Waals surface area contributed by atoms with E-state index >= 15 is 0 Å². The molecule has 1 aliphatic heterocycles. The molecule has 78 valence electrons. The van der Waals surface area contributed by atoms with E-state index in [-0.39, 0.29) is 17.6 Å². The topological polar surface area (TPSA) is 75.3 Å². The number of amides is 3. The van der Waals surface area contributed by atoms with Gasteiger partial charge in [-0.15, -0.1) is 0 Å². The van der Waals surface area contributed by atoms with Crippen LogP contribution in [0.25, 0.3) is 0 Å². The molecule has 6 heteroatoms. The highest BCUT2D eigenvalue weighted by atomic mass is 32.2. The Morgan fingerprint density at radius 3 is 2.93 bits per heavy atom. The lowest BCUT2D eigenvalue weighted by Crippen LogP contribution is -2.51. The van der Waals surface area contributed by atoms with Gasteiger partial charge in [-0.05, 0) is 12.2 Å². The summed E-state index contributed by atoms with van der Waals surface area (Å²) in [4.78, 5) is 33.1. The first-order chi connectivity index (χ1) is 6.63. The maximum Gasteiger partial charge on any atom is 0.279 e. The third-order valence-electron chi connectivity index (χ3n) is 1.81. The van der Waals surface area contributed by atoms with E-state index in [1.165, 1.54) is 0 Å². The van der Waals surface area contributed by atoms with Crippen molar-refractivity contribution in [3.05, 3.63) is 0 Å². The molecular weight excluding hydrogens is 204 g/mol. The fourth-order valence-electron chi connectivity index (χ4n) is 1.15. The van der Waals surface area contributed by atoms with Crippen molar-refractivity contribution in [1.29, 1.82) is 0 Å². The van der Waals surface area contributed by atoms with Crippen LogP contribution in [-0.4, -0.2) is 28.8 Å². The van der Waals surface area contributed by atoms with Crippen LogP contribution >= 0.6 is 11.8 Å². The molecule has 3 amide bonds. The molecule has 0 bridgehead atoms. The van der Waals surface area contributed by atoms with Crippen LogP contribution < -0.4 is 10.6 Å². The molecule has 0 aromatic heterocycles. The van der Waals surface area contributed by atoms with Gasteiger partial charge in [-0.2, -0.15) is 0 Å². The smallest absolute Gasteiger partial charge is 0.279 e. The molecule has 1 heterocycles. The minimum absolute atomic E-state index is 0.220. The fraction of sp³-hybridized carbons (Fsp3) is 0.625. The minimum Gasteiger partial charge on any atom is -0.335 e. The number of thioether (sulfide) groups is 1. The summed E-state index contributed by atoms with van der Waals surface area (Å²) in [6.07, 6.45) is 0.675. The third-order valence-corrected chi connectivity index (χ3v) is 2.48. The largest absolute Gasteiger partial charge is 0.335 e. The molecule has 0 saturated carbocycles. The van der Waals surface area contributed by atoms with E-state index in [0.717, 1.165) is 11.8 Å². The predicted molar refractivity (Wildman–Crippen MR) is 52.8 cm³/mol. The first-order valence-corrected chi connectivity index (χ1v) is 5.39. The summed E-state index contributed by atoms with van der Waals surface area (Å²) in [7, 11) is 0. The maximum atomic E-state index is 11.2. The Labute approximate surface area is 86.0 Å². The number of imide groups is 1. The van der Waals surface area contributed by atoms with E-state index in [9.17, 15) is 14.4 Å². The molecule has 5 nitrogen and oxygen atoms in total. The van der Waals surface area contributed by atoms with Gasteiger partial charge in [0.2, 0.25) is 11.8 Å². The number of nitrogens with one attached hydrogen (secondary N) is 2. The molecule has 1 fully saturated rings. The molecule has 1 atom stereocenters. The van der Waals surface area contributed by atoms with Gasteiger partial charge < -0.3 is 5.32 Å². The Balaban J connectivity index is 2.41. The van der Waals surface area contributed by atoms with E-state index in [1.54, 1.807) is 0 Å². The Morgan fingerprint density at radius 2 is 2.36 bits per heavy atom. The van der Waals surface area contributed by atoms with Gasteiger partial charge in [0, 0.05) is 6.42 Å². The van der Waals surface area contributed by atoms with Gasteiger partial charge >= 0.3 is 0 Å². The number of piperidine rings is 1. The van der Waals surface area contributed by atoms with Gasteiger partial charge in [-0.25, -0.2) is 0 Å². The zero-order valence-corrected chi connectivity index (χ0v) is 8.65. The summed E-state index contributed by atoms with van der Waals surface area (Å²) in [5, 5.41) is 4.50. The van der Waals surface area contributed by atoms with Gasteiger partial charge in [0.1, 0.15) is 6.04 Å². The zero-order chi connectivity index (χ0) is 10.6. The Morgan fingerprint density at radius 1 is 1.64 bits per heavy atom. The van der Waals surface area contributed by atoms with Crippen molar-refractivity contribution < 1.29 is 14.4 Å². The van der Waals surface area contributed by atoms with Crippen molar-refractivity contribution in [2.75, 3.05) is 5.75 Å². The molecule has 1 saturated heterocycles. The van der Waals surface area contributed by atoms with Crippen LogP contribution in [0.1, 0.15) is 19.8 Å². The molecule has 0 spiro atoms. The lowest BCUT2D eigenvalue weighted by Gasteiger charge is -2.21. The van der Waals surface area contributed by atoms with Crippen LogP contribution in [0.4, 0.5) is 4.79 Å². The Bertz CT molecular complexity index is 267. The minimum atomic E-state index is -0.556. The van der Waals surface area contributed by atoms with Crippen LogP contribution in [0, 0.1) is 0 Å². The molecule has 1 unspecified atom stereocenters. The quantitative estimate of drug-likeness (QED) is 0.649. The summed E-state index contributed by atoms with van der Waals surface area (Å²) in [5.74, 6) is -0.0195. The van der Waals surface area contributed by atoms with Gasteiger partial charge in [0.05, 0.1) is 0 Å². The highest BCUT2D eigenvalue weighted by molar-refractivity contribution is 8.13. The van der Waals surface area contributed by atoms with Crippen molar-refractivity contribution >= 4 is 28.8 Å². The molecular formula is C8H12N2O3S. The lowest BCUT2D eigenvalue weighted by molar-refractivity contribution is -0.134. The number of hydrogen-bond acceptors (Lipinski definition) is 4. The molecule has 0 aromatic carbocycles. The third kappa shape index (κ3) is 3.02. The predicted octanol–water partition coefficient (Wildman–Crippen LogP) is 0.254. The van der Waals surface area contributed by atoms with Crippen molar-refractivity contribution in [2.45, 2.75) is 25.8 Å². The standard InChI is InChI=1S/C8H12N2O3S/c1-2-14-8(13)9-5-3-4-6(11)10-7(5)12/h5H,2-4H2,1H3,(H,9,13)(H,10,11,12). The summed E-state index contributed by atoms with van der Waals surface area (Å²) in [5.41, 5.74) is 0. The van der Waals surface area contributed by atoms with Crippen molar-refractivity contribution in [3.63, 3.8) is 0 Å². The zero-order valence-electron chi connectivity index (χ0n) is 7.83. The highest BCUT2D eigenvalue weighted by Crippen LogP contribution is 2.07. The van der Waals surface area contributed by atoms with Gasteiger partial charge in [0.15, 0.2) is 0 Å². The number of carbonyl (C=O) groups excluding carboxylic acids is 3. The summed E-state index contributed by atoms with van der Waals surface area (Å²) >= 11 is 1.11. The lowest BCUT2D eigenvalue weighted by atomic mass is 10.1. The number of rotatable bonds is 2. The van der Waals surface area contributed by atoms with Crippen molar-refractivity contribution in [3.8, 4) is 0 Å². The summed E-state index contributed by atoms with van der Waals surface area (Å²) in [6.45, 7) is 1.86. The van der Waals surface area contributed by atoms with E-state index in [4.69, 9.17) is 0 Å². The van der Waals surface area contributed by atoms with E-state index < -0.39 is 11.9 Å². The van der Waals surface area contributed by atoms with E-state index in [2.05, 4.69) is 10.6 Å². The fourth-order valence-corrected chi connectivity index (χ4v) is 1.63. The van der Waals surface area contributed by atoms with Crippen LogP contribution in [0.5, 0.6) is 0 Å². The second-order valence-corrected chi connectivity index (χ2v) is 4.11.